The summed E-state index contributed by atoms with van der Waals surface area (Å²) in [5.41, 5.74) is 5.90. The third-order valence-electron chi connectivity index (χ3n) is 4.70. The summed E-state index contributed by atoms with van der Waals surface area (Å²) in [6.45, 7) is 3.45. The van der Waals surface area contributed by atoms with Gasteiger partial charge in [0.05, 0.1) is 28.6 Å². The van der Waals surface area contributed by atoms with Crippen LogP contribution in [-0.2, 0) is 4.79 Å². The first kappa shape index (κ1) is 16.9. The van der Waals surface area contributed by atoms with Crippen molar-refractivity contribution < 1.29 is 9.32 Å². The third-order valence-corrected chi connectivity index (χ3v) is 4.70. The molecule has 0 amide bonds. The summed E-state index contributed by atoms with van der Waals surface area (Å²) in [5.74, 6) is 0.660. The Bertz CT molecular complexity index is 1100. The van der Waals surface area contributed by atoms with Crippen molar-refractivity contribution in [1.82, 2.24) is 5.16 Å². The zero-order chi connectivity index (χ0) is 19.0. The predicted molar refractivity (Wildman–Crippen MR) is 102 cm³/mol. The number of fused-ring (bicyclic) bond motifs is 3. The van der Waals surface area contributed by atoms with Gasteiger partial charge in [-0.05, 0) is 31.5 Å². The van der Waals surface area contributed by atoms with E-state index in [0.29, 0.717) is 11.3 Å². The van der Waals surface area contributed by atoms with Crippen molar-refractivity contribution in [3.8, 4) is 17.2 Å². The molecule has 0 N–H and O–H groups in total. The van der Waals surface area contributed by atoms with Gasteiger partial charge in [-0.15, -0.1) is 0 Å². The van der Waals surface area contributed by atoms with Crippen LogP contribution in [0.5, 0.6) is 0 Å². The van der Waals surface area contributed by atoms with Gasteiger partial charge in [0, 0.05) is 17.5 Å². The first-order valence-corrected chi connectivity index (χ1v) is 8.72. The molecule has 1 aliphatic rings. The van der Waals surface area contributed by atoms with Gasteiger partial charge in [-0.25, -0.2) is 0 Å². The van der Waals surface area contributed by atoms with Crippen molar-refractivity contribution >= 4 is 11.5 Å². The lowest BCUT2D eigenvalue weighted by atomic mass is 9.92. The average molecular weight is 355 g/mol. The molecule has 0 aliphatic carbocycles. The zero-order valence-corrected chi connectivity index (χ0v) is 15.1. The second-order valence-electron chi connectivity index (χ2n) is 6.64. The van der Waals surface area contributed by atoms with Crippen LogP contribution in [0.25, 0.3) is 11.1 Å². The molecular weight excluding hydrogens is 338 g/mol. The highest BCUT2D eigenvalue weighted by molar-refractivity contribution is 6.17. The fourth-order valence-electron chi connectivity index (χ4n) is 3.48. The molecule has 0 unspecified atom stereocenters. The van der Waals surface area contributed by atoms with Crippen LogP contribution in [-0.4, -0.2) is 16.7 Å². The third kappa shape index (κ3) is 2.96. The zero-order valence-electron chi connectivity index (χ0n) is 15.1. The van der Waals surface area contributed by atoms with Gasteiger partial charge in [0.15, 0.2) is 5.76 Å². The summed E-state index contributed by atoms with van der Waals surface area (Å²) in [7, 11) is 0. The molecule has 2 aromatic carbocycles. The number of hydrogen-bond acceptors (Lipinski definition) is 5. The van der Waals surface area contributed by atoms with E-state index in [2.05, 4.69) is 11.2 Å². The fourth-order valence-corrected chi connectivity index (χ4v) is 3.48. The molecule has 1 aliphatic heterocycles. The van der Waals surface area contributed by atoms with Crippen molar-refractivity contribution in [3.63, 3.8) is 0 Å². The Balaban J connectivity index is 1.98. The van der Waals surface area contributed by atoms with Gasteiger partial charge in [0.1, 0.15) is 11.8 Å². The number of aliphatic imine (C=N–C) groups is 1. The van der Waals surface area contributed by atoms with Crippen LogP contribution in [0.15, 0.2) is 58.0 Å². The first-order valence-electron chi connectivity index (χ1n) is 8.72. The number of carbonyl (C=O) groups excluding carboxylic acids is 1. The van der Waals surface area contributed by atoms with Crippen molar-refractivity contribution in [3.05, 3.63) is 76.7 Å². The summed E-state index contributed by atoms with van der Waals surface area (Å²) in [6.07, 6.45) is 0.245. The molecule has 5 nitrogen and oxygen atoms in total. The number of aromatic nitrogens is 1. The molecule has 0 spiro atoms. The van der Waals surface area contributed by atoms with Crippen molar-refractivity contribution in [2.45, 2.75) is 26.3 Å². The van der Waals surface area contributed by atoms with Gasteiger partial charge in [-0.1, -0.05) is 41.6 Å². The predicted octanol–water partition coefficient (Wildman–Crippen LogP) is 4.39. The Morgan fingerprint density at radius 2 is 1.85 bits per heavy atom. The van der Waals surface area contributed by atoms with Crippen molar-refractivity contribution in [1.29, 1.82) is 5.26 Å². The van der Waals surface area contributed by atoms with Gasteiger partial charge < -0.3 is 4.52 Å². The highest BCUT2D eigenvalue weighted by Gasteiger charge is 2.30. The molecule has 2 heterocycles. The number of hydrogen-bond donors (Lipinski definition) is 0. The number of rotatable bonds is 3. The number of Topliss-reactive ketones (excluding diaryl/α,β-unsaturated/α-hetero) is 1. The van der Waals surface area contributed by atoms with Gasteiger partial charge in [-0.2, -0.15) is 5.26 Å². The Hall–Kier alpha value is -3.52. The van der Waals surface area contributed by atoms with Crippen molar-refractivity contribution in [2.24, 2.45) is 4.99 Å². The number of aryl methyl sites for hydroxylation is 1. The molecule has 5 heteroatoms. The molecule has 27 heavy (non-hydrogen) atoms. The van der Waals surface area contributed by atoms with Gasteiger partial charge in [0.2, 0.25) is 0 Å². The molecule has 0 bridgehead atoms. The molecule has 132 valence electrons. The van der Waals surface area contributed by atoms with E-state index in [1.165, 1.54) is 0 Å². The van der Waals surface area contributed by atoms with E-state index in [9.17, 15) is 4.79 Å². The van der Waals surface area contributed by atoms with E-state index < -0.39 is 6.04 Å². The van der Waals surface area contributed by atoms with Crippen LogP contribution in [0, 0.1) is 18.3 Å². The number of benzene rings is 2. The summed E-state index contributed by atoms with van der Waals surface area (Å²) in [5, 5.41) is 13.2. The van der Waals surface area contributed by atoms with E-state index in [-0.39, 0.29) is 12.2 Å². The lowest BCUT2D eigenvalue weighted by molar-refractivity contribution is -0.117. The molecule has 3 aromatic rings. The van der Waals surface area contributed by atoms with E-state index in [0.717, 1.165) is 33.7 Å². The van der Waals surface area contributed by atoms with Crippen molar-refractivity contribution in [2.75, 3.05) is 0 Å². The summed E-state index contributed by atoms with van der Waals surface area (Å²) in [4.78, 5) is 16.8. The first-order chi connectivity index (χ1) is 13.1. The van der Waals surface area contributed by atoms with Crippen LogP contribution in [0.2, 0.25) is 0 Å². The Labute approximate surface area is 157 Å². The topological polar surface area (TPSA) is 79.2 Å². The van der Waals surface area contributed by atoms with Crippen LogP contribution >= 0.6 is 0 Å². The Morgan fingerprint density at radius 3 is 2.52 bits per heavy atom. The molecule has 4 rings (SSSR count). The summed E-state index contributed by atoms with van der Waals surface area (Å²) in [6, 6.07) is 17.0. The molecule has 0 saturated heterocycles. The normalized spacial score (nSPS) is 15.1. The van der Waals surface area contributed by atoms with Gasteiger partial charge >= 0.3 is 0 Å². The van der Waals surface area contributed by atoms with E-state index in [1.54, 1.807) is 19.1 Å². The SMILES string of the molecule is CC(=O)C[C@@H]1N=C(c2ccc(C#N)cc2)c2ccccc2-c2c(C)noc21. The second-order valence-corrected chi connectivity index (χ2v) is 6.64. The molecule has 0 fully saturated rings. The monoisotopic (exact) mass is 355 g/mol. The van der Waals surface area contributed by atoms with E-state index >= 15 is 0 Å². The van der Waals surface area contributed by atoms with E-state index in [1.807, 2.05) is 43.3 Å². The lowest BCUT2D eigenvalue weighted by Crippen LogP contribution is -2.07. The highest BCUT2D eigenvalue weighted by atomic mass is 16.5. The smallest absolute Gasteiger partial charge is 0.169 e. The van der Waals surface area contributed by atoms with Crippen LogP contribution in [0.1, 0.15) is 47.5 Å². The van der Waals surface area contributed by atoms with Gasteiger partial charge in [-0.3, -0.25) is 9.79 Å². The quantitative estimate of drug-likeness (QED) is 0.698. The van der Waals surface area contributed by atoms with Crippen LogP contribution < -0.4 is 0 Å². The molecular formula is C22H17N3O2. The standard InChI is InChI=1S/C22H17N3O2/c1-13(26)11-19-22-20(14(2)25-27-22)17-5-3-4-6-18(17)21(24-19)16-9-7-15(12-23)8-10-16/h3-10,19H,11H2,1-2H3/t19-/m0/s1. The lowest BCUT2D eigenvalue weighted by Gasteiger charge is -2.11. The van der Waals surface area contributed by atoms with E-state index in [4.69, 9.17) is 14.8 Å². The molecule has 1 atom stereocenters. The molecule has 1 aromatic heterocycles. The maximum Gasteiger partial charge on any atom is 0.169 e. The maximum atomic E-state index is 11.9. The number of ketones is 1. The maximum absolute atomic E-state index is 11.9. The largest absolute Gasteiger partial charge is 0.358 e. The Morgan fingerprint density at radius 1 is 1.15 bits per heavy atom. The summed E-state index contributed by atoms with van der Waals surface area (Å²) < 4.78 is 5.61. The van der Waals surface area contributed by atoms with Crippen LogP contribution in [0.4, 0.5) is 0 Å². The highest BCUT2D eigenvalue weighted by Crippen LogP contribution is 2.40. The minimum Gasteiger partial charge on any atom is -0.358 e. The van der Waals surface area contributed by atoms with Crippen LogP contribution in [0.3, 0.4) is 0 Å². The van der Waals surface area contributed by atoms with Gasteiger partial charge in [0.25, 0.3) is 0 Å². The number of nitriles is 1. The minimum absolute atomic E-state index is 0.0360. The second kappa shape index (κ2) is 6.65. The number of carbonyl (C=O) groups is 1. The fraction of sp³-hybridized carbons (Fsp3) is 0.182. The molecule has 0 radical (unpaired) electrons. The Kier molecular flexibility index (Phi) is 4.17. The number of nitrogens with zero attached hydrogens (tertiary/aromatic N) is 3. The molecule has 0 saturated carbocycles. The average Bonchev–Trinajstić information content (AvgIpc) is 3.00. The summed E-state index contributed by atoms with van der Waals surface area (Å²) >= 11 is 0. The minimum atomic E-state index is -0.434.